The molecule has 7 heteroatoms. The van der Waals surface area contributed by atoms with Gasteiger partial charge in [-0.25, -0.2) is 9.59 Å². The van der Waals surface area contributed by atoms with E-state index < -0.39 is 12.0 Å². The molecule has 5 nitrogen and oxygen atoms in total. The molecule has 0 spiro atoms. The van der Waals surface area contributed by atoms with Crippen LogP contribution in [0.5, 0.6) is 0 Å². The Kier molecular flexibility index (Phi) is 4.84. The number of urea groups is 1. The highest BCUT2D eigenvalue weighted by atomic mass is 127. The first-order valence-corrected chi connectivity index (χ1v) is 7.95. The third kappa shape index (κ3) is 3.73. The lowest BCUT2D eigenvalue weighted by molar-refractivity contribution is 0.0697. The van der Waals surface area contributed by atoms with Gasteiger partial charge in [0.05, 0.1) is 5.56 Å². The maximum Gasteiger partial charge on any atom is 0.338 e. The third-order valence-corrected chi connectivity index (χ3v) is 4.70. The van der Waals surface area contributed by atoms with E-state index in [0.29, 0.717) is 16.3 Å². The molecule has 1 heterocycles. The highest BCUT2D eigenvalue weighted by Gasteiger charge is 2.20. The summed E-state index contributed by atoms with van der Waals surface area (Å²) in [6.45, 7) is 3.56. The molecule has 2 amide bonds. The molecule has 2 aromatic rings. The predicted octanol–water partition coefficient (Wildman–Crippen LogP) is 4.31. The van der Waals surface area contributed by atoms with Crippen molar-refractivity contribution >= 4 is 56.6 Å². The summed E-state index contributed by atoms with van der Waals surface area (Å²) in [6.07, 6.45) is 0. The lowest BCUT2D eigenvalue weighted by Crippen LogP contribution is -2.20. The molecule has 0 atom stereocenters. The number of aromatic carboxylic acids is 1. The highest BCUT2D eigenvalue weighted by Crippen LogP contribution is 2.32. The molecule has 0 aliphatic heterocycles. The van der Waals surface area contributed by atoms with Crippen LogP contribution in [-0.2, 0) is 0 Å². The van der Waals surface area contributed by atoms with Crippen molar-refractivity contribution in [2.45, 2.75) is 13.8 Å². The van der Waals surface area contributed by atoms with E-state index >= 15 is 0 Å². The zero-order chi connectivity index (χ0) is 15.6. The average Bonchev–Trinajstić information content (AvgIpc) is 2.64. The number of rotatable bonds is 3. The van der Waals surface area contributed by atoms with Crippen molar-refractivity contribution < 1.29 is 14.7 Å². The molecular formula is C14H13IN2O3S. The Morgan fingerprint density at radius 3 is 2.57 bits per heavy atom. The van der Waals surface area contributed by atoms with Crippen molar-refractivity contribution in [1.29, 1.82) is 0 Å². The van der Waals surface area contributed by atoms with Gasteiger partial charge in [-0.1, -0.05) is 6.07 Å². The molecule has 0 radical (unpaired) electrons. The van der Waals surface area contributed by atoms with Crippen LogP contribution in [0.1, 0.15) is 20.8 Å². The molecule has 0 saturated heterocycles. The van der Waals surface area contributed by atoms with Gasteiger partial charge in [0.15, 0.2) is 0 Å². The molecule has 3 N–H and O–H groups in total. The number of nitrogens with one attached hydrogen (secondary N) is 2. The smallest absolute Gasteiger partial charge is 0.338 e. The number of anilines is 2. The average molecular weight is 416 g/mol. The second-order valence-electron chi connectivity index (χ2n) is 4.38. The molecule has 0 unspecified atom stereocenters. The Morgan fingerprint density at radius 2 is 1.95 bits per heavy atom. The van der Waals surface area contributed by atoms with E-state index in [0.717, 1.165) is 8.45 Å². The van der Waals surface area contributed by atoms with Crippen molar-refractivity contribution in [2.75, 3.05) is 10.6 Å². The number of amides is 2. The number of carboxylic acid groups (broad SMARTS) is 1. The number of carbonyl (C=O) groups is 2. The van der Waals surface area contributed by atoms with Crippen molar-refractivity contribution in [3.8, 4) is 0 Å². The van der Waals surface area contributed by atoms with E-state index in [-0.39, 0.29) is 5.56 Å². The Labute approximate surface area is 139 Å². The number of hydrogen-bond acceptors (Lipinski definition) is 3. The number of aryl methyl sites for hydroxylation is 1. The fraction of sp³-hybridized carbons (Fsp3) is 0.143. The van der Waals surface area contributed by atoms with E-state index in [4.69, 9.17) is 0 Å². The Bertz CT molecular complexity index is 712. The van der Waals surface area contributed by atoms with Gasteiger partial charge >= 0.3 is 12.0 Å². The van der Waals surface area contributed by atoms with Gasteiger partial charge < -0.3 is 10.4 Å². The zero-order valence-corrected chi connectivity index (χ0v) is 14.3. The Balaban J connectivity index is 2.17. The number of benzene rings is 1. The molecule has 0 aliphatic rings. The van der Waals surface area contributed by atoms with Gasteiger partial charge in [0, 0.05) is 14.1 Å². The Hall–Kier alpha value is -1.61. The van der Waals surface area contributed by atoms with Crippen molar-refractivity contribution in [3.63, 3.8) is 0 Å². The first-order chi connectivity index (χ1) is 9.88. The third-order valence-electron chi connectivity index (χ3n) is 2.91. The quantitative estimate of drug-likeness (QED) is 0.653. The SMILES string of the molecule is Cc1sc(NC(=O)Nc2cccc(I)c2)c(C(=O)O)c1C. The normalized spacial score (nSPS) is 10.2. The monoisotopic (exact) mass is 416 g/mol. The lowest BCUT2D eigenvalue weighted by Gasteiger charge is -2.07. The molecule has 1 aromatic heterocycles. The van der Waals surface area contributed by atoms with Gasteiger partial charge in [0.2, 0.25) is 0 Å². The van der Waals surface area contributed by atoms with E-state index in [1.807, 2.05) is 25.1 Å². The summed E-state index contributed by atoms with van der Waals surface area (Å²) in [4.78, 5) is 24.1. The standard InChI is InChI=1S/C14H13IN2O3S/c1-7-8(2)21-12(11(7)13(18)19)17-14(20)16-10-5-3-4-9(15)6-10/h3-6H,1-2H3,(H,18,19)(H2,16,17,20). The largest absolute Gasteiger partial charge is 0.478 e. The molecule has 0 saturated carbocycles. The van der Waals surface area contributed by atoms with Gasteiger partial charge in [-0.05, 0) is 60.2 Å². The second kappa shape index (κ2) is 6.44. The lowest BCUT2D eigenvalue weighted by atomic mass is 10.1. The van der Waals surface area contributed by atoms with Crippen LogP contribution >= 0.6 is 33.9 Å². The van der Waals surface area contributed by atoms with Crippen molar-refractivity contribution in [3.05, 3.63) is 43.8 Å². The van der Waals surface area contributed by atoms with Crippen molar-refractivity contribution in [2.24, 2.45) is 0 Å². The molecular weight excluding hydrogens is 403 g/mol. The first-order valence-electron chi connectivity index (χ1n) is 6.05. The summed E-state index contributed by atoms with van der Waals surface area (Å²) in [5.41, 5.74) is 1.48. The van der Waals surface area contributed by atoms with Crippen molar-refractivity contribution in [1.82, 2.24) is 0 Å². The van der Waals surface area contributed by atoms with E-state index in [1.165, 1.54) is 11.3 Å². The summed E-state index contributed by atoms with van der Waals surface area (Å²) in [6, 6.07) is 6.88. The van der Waals surface area contributed by atoms with Gasteiger partial charge in [-0.3, -0.25) is 5.32 Å². The van der Waals surface area contributed by atoms with Crippen LogP contribution in [0.2, 0.25) is 0 Å². The minimum atomic E-state index is -1.04. The van der Waals surface area contributed by atoms with Crippen LogP contribution in [0.15, 0.2) is 24.3 Å². The molecule has 0 aliphatic carbocycles. The maximum atomic E-state index is 12.0. The van der Waals surface area contributed by atoms with E-state index in [9.17, 15) is 14.7 Å². The van der Waals surface area contributed by atoms with E-state index in [1.54, 1.807) is 13.0 Å². The molecule has 1 aromatic carbocycles. The highest BCUT2D eigenvalue weighted by molar-refractivity contribution is 14.1. The molecule has 0 fully saturated rings. The van der Waals surface area contributed by atoms with Crippen LogP contribution in [-0.4, -0.2) is 17.1 Å². The van der Waals surface area contributed by atoms with Crippen LogP contribution < -0.4 is 10.6 Å². The molecule has 21 heavy (non-hydrogen) atoms. The van der Waals surface area contributed by atoms with Gasteiger partial charge in [-0.15, -0.1) is 11.3 Å². The van der Waals surface area contributed by atoms with Crippen LogP contribution in [0, 0.1) is 17.4 Å². The molecule has 2 rings (SSSR count). The first kappa shape index (κ1) is 15.8. The molecule has 0 bridgehead atoms. The summed E-state index contributed by atoms with van der Waals surface area (Å²) < 4.78 is 0.999. The fourth-order valence-corrected chi connectivity index (χ4v) is 3.39. The van der Waals surface area contributed by atoms with Crippen LogP contribution in [0.25, 0.3) is 0 Å². The Morgan fingerprint density at radius 1 is 1.24 bits per heavy atom. The summed E-state index contributed by atoms with van der Waals surface area (Å²) >= 11 is 3.41. The van der Waals surface area contributed by atoms with Crippen LogP contribution in [0.3, 0.4) is 0 Å². The van der Waals surface area contributed by atoms with Gasteiger partial charge in [0.1, 0.15) is 5.00 Å². The number of halogens is 1. The summed E-state index contributed by atoms with van der Waals surface area (Å²) in [7, 11) is 0. The number of hydrogen-bond donors (Lipinski definition) is 3. The number of thiophene rings is 1. The topological polar surface area (TPSA) is 78.4 Å². The van der Waals surface area contributed by atoms with Crippen LogP contribution in [0.4, 0.5) is 15.5 Å². The van der Waals surface area contributed by atoms with E-state index in [2.05, 4.69) is 33.2 Å². The van der Waals surface area contributed by atoms with Gasteiger partial charge in [0.25, 0.3) is 0 Å². The second-order valence-corrected chi connectivity index (χ2v) is 6.85. The summed E-state index contributed by atoms with van der Waals surface area (Å²) in [5.74, 6) is -1.04. The zero-order valence-electron chi connectivity index (χ0n) is 11.4. The molecule has 110 valence electrons. The minimum absolute atomic E-state index is 0.148. The minimum Gasteiger partial charge on any atom is -0.478 e. The number of carbonyl (C=O) groups excluding carboxylic acids is 1. The fourth-order valence-electron chi connectivity index (χ4n) is 1.80. The predicted molar refractivity (Wildman–Crippen MR) is 92.6 cm³/mol. The number of carboxylic acids is 1. The summed E-state index contributed by atoms with van der Waals surface area (Å²) in [5, 5.41) is 14.9. The maximum absolute atomic E-state index is 12.0. The van der Waals surface area contributed by atoms with Gasteiger partial charge in [-0.2, -0.15) is 0 Å².